The van der Waals surface area contributed by atoms with Crippen molar-refractivity contribution in [2.24, 2.45) is 0 Å². The number of ether oxygens (including phenoxy) is 2. The van der Waals surface area contributed by atoms with Gasteiger partial charge in [0.2, 0.25) is 0 Å². The van der Waals surface area contributed by atoms with E-state index in [1.807, 2.05) is 6.07 Å². The second-order valence-corrected chi connectivity index (χ2v) is 5.52. The first kappa shape index (κ1) is 13.8. The first-order chi connectivity index (χ1) is 10.1. The van der Waals surface area contributed by atoms with Crippen LogP contribution in [0, 0.1) is 13.8 Å². The molecule has 0 aliphatic carbocycles. The van der Waals surface area contributed by atoms with Gasteiger partial charge in [-0.15, -0.1) is 0 Å². The second-order valence-electron chi connectivity index (χ2n) is 5.52. The molecule has 1 N–H and O–H groups in total. The minimum absolute atomic E-state index is 0.210. The highest BCUT2D eigenvalue weighted by Gasteiger charge is 2.15. The molecule has 2 aromatic carbocycles. The highest BCUT2D eigenvalue weighted by Crippen LogP contribution is 2.33. The fraction of sp³-hybridized carbons (Fsp3) is 0.333. The molecule has 0 fully saturated rings. The van der Waals surface area contributed by atoms with Crippen molar-refractivity contribution in [3.63, 3.8) is 0 Å². The van der Waals surface area contributed by atoms with Gasteiger partial charge < -0.3 is 14.8 Å². The summed E-state index contributed by atoms with van der Waals surface area (Å²) < 4.78 is 11.2. The summed E-state index contributed by atoms with van der Waals surface area (Å²) in [5.41, 5.74) is 4.97. The summed E-state index contributed by atoms with van der Waals surface area (Å²) in [5, 5.41) is 3.58. The van der Waals surface area contributed by atoms with Gasteiger partial charge in [0.05, 0.1) is 0 Å². The highest BCUT2D eigenvalue weighted by molar-refractivity contribution is 5.55. The molecular formula is C18H21NO2. The van der Waals surface area contributed by atoms with Gasteiger partial charge in [0.15, 0.2) is 11.5 Å². The molecule has 1 aliphatic rings. The molecule has 0 saturated heterocycles. The van der Waals surface area contributed by atoms with E-state index in [9.17, 15) is 0 Å². The van der Waals surface area contributed by atoms with Crippen LogP contribution < -0.4 is 14.8 Å². The molecule has 3 heteroatoms. The molecule has 0 radical (unpaired) electrons. The predicted molar refractivity (Wildman–Crippen MR) is 85.4 cm³/mol. The van der Waals surface area contributed by atoms with Crippen molar-refractivity contribution < 1.29 is 9.47 Å². The van der Waals surface area contributed by atoms with E-state index >= 15 is 0 Å². The fourth-order valence-corrected chi connectivity index (χ4v) is 2.55. The molecule has 0 bridgehead atoms. The molecule has 1 unspecified atom stereocenters. The van der Waals surface area contributed by atoms with E-state index in [2.05, 4.69) is 56.4 Å². The van der Waals surface area contributed by atoms with Crippen LogP contribution in [-0.4, -0.2) is 13.2 Å². The first-order valence-electron chi connectivity index (χ1n) is 7.37. The van der Waals surface area contributed by atoms with E-state index in [1.165, 1.54) is 22.4 Å². The molecule has 0 saturated carbocycles. The molecule has 1 atom stereocenters. The molecule has 0 spiro atoms. The quantitative estimate of drug-likeness (QED) is 0.913. The summed E-state index contributed by atoms with van der Waals surface area (Å²) in [7, 11) is 0. The fourth-order valence-electron chi connectivity index (χ4n) is 2.55. The smallest absolute Gasteiger partial charge is 0.161 e. The SMILES string of the molecule is Cc1cccc(NC(C)c2ccc3c(c2)OCCO3)c1C. The average molecular weight is 283 g/mol. The maximum Gasteiger partial charge on any atom is 0.161 e. The van der Waals surface area contributed by atoms with Gasteiger partial charge in [-0.3, -0.25) is 0 Å². The predicted octanol–water partition coefficient (Wildman–Crippen LogP) is 4.25. The Kier molecular flexibility index (Phi) is 3.74. The third-order valence-electron chi connectivity index (χ3n) is 4.04. The van der Waals surface area contributed by atoms with E-state index < -0.39 is 0 Å². The average Bonchev–Trinajstić information content (AvgIpc) is 2.51. The summed E-state index contributed by atoms with van der Waals surface area (Å²) in [6.07, 6.45) is 0. The van der Waals surface area contributed by atoms with Gasteiger partial charge in [0, 0.05) is 11.7 Å². The molecule has 110 valence electrons. The van der Waals surface area contributed by atoms with Crippen LogP contribution in [0.3, 0.4) is 0 Å². The van der Waals surface area contributed by atoms with Gasteiger partial charge >= 0.3 is 0 Å². The normalized spacial score (nSPS) is 14.6. The lowest BCUT2D eigenvalue weighted by atomic mass is 10.0. The maximum atomic E-state index is 5.65. The summed E-state index contributed by atoms with van der Waals surface area (Å²) in [5.74, 6) is 1.68. The van der Waals surface area contributed by atoms with Crippen molar-refractivity contribution in [1.82, 2.24) is 0 Å². The topological polar surface area (TPSA) is 30.5 Å². The van der Waals surface area contributed by atoms with Crippen molar-refractivity contribution in [2.45, 2.75) is 26.8 Å². The van der Waals surface area contributed by atoms with Crippen LogP contribution in [0.2, 0.25) is 0 Å². The monoisotopic (exact) mass is 283 g/mol. The van der Waals surface area contributed by atoms with Crippen molar-refractivity contribution >= 4 is 5.69 Å². The lowest BCUT2D eigenvalue weighted by Crippen LogP contribution is -2.16. The van der Waals surface area contributed by atoms with Gasteiger partial charge in [-0.05, 0) is 55.7 Å². The van der Waals surface area contributed by atoms with Crippen molar-refractivity contribution in [2.75, 3.05) is 18.5 Å². The zero-order valence-corrected chi connectivity index (χ0v) is 12.8. The Morgan fingerprint density at radius 2 is 1.76 bits per heavy atom. The number of anilines is 1. The largest absolute Gasteiger partial charge is 0.486 e. The number of rotatable bonds is 3. The Balaban J connectivity index is 1.82. The number of fused-ring (bicyclic) bond motifs is 1. The minimum Gasteiger partial charge on any atom is -0.486 e. The molecule has 2 aromatic rings. The second kappa shape index (κ2) is 5.68. The number of hydrogen-bond acceptors (Lipinski definition) is 3. The van der Waals surface area contributed by atoms with Gasteiger partial charge in [0.1, 0.15) is 13.2 Å². The van der Waals surface area contributed by atoms with Gasteiger partial charge in [0.25, 0.3) is 0 Å². The van der Waals surface area contributed by atoms with E-state index in [0.717, 1.165) is 11.5 Å². The molecule has 3 rings (SSSR count). The molecule has 0 aromatic heterocycles. The maximum absolute atomic E-state index is 5.65. The highest BCUT2D eigenvalue weighted by atomic mass is 16.6. The number of benzene rings is 2. The first-order valence-corrected chi connectivity index (χ1v) is 7.37. The van der Waals surface area contributed by atoms with E-state index in [4.69, 9.17) is 9.47 Å². The van der Waals surface area contributed by atoms with E-state index in [1.54, 1.807) is 0 Å². The van der Waals surface area contributed by atoms with Gasteiger partial charge in [-0.2, -0.15) is 0 Å². The van der Waals surface area contributed by atoms with Crippen LogP contribution in [0.1, 0.15) is 29.7 Å². The van der Waals surface area contributed by atoms with Crippen LogP contribution in [0.25, 0.3) is 0 Å². The van der Waals surface area contributed by atoms with Crippen LogP contribution >= 0.6 is 0 Å². The number of aryl methyl sites for hydroxylation is 1. The lowest BCUT2D eigenvalue weighted by molar-refractivity contribution is 0.171. The van der Waals surface area contributed by atoms with Crippen LogP contribution in [0.15, 0.2) is 36.4 Å². The number of nitrogens with one attached hydrogen (secondary N) is 1. The third kappa shape index (κ3) is 2.82. The van der Waals surface area contributed by atoms with Crippen molar-refractivity contribution in [3.05, 3.63) is 53.1 Å². The van der Waals surface area contributed by atoms with Crippen LogP contribution in [0.4, 0.5) is 5.69 Å². The molecule has 3 nitrogen and oxygen atoms in total. The molecule has 21 heavy (non-hydrogen) atoms. The van der Waals surface area contributed by atoms with E-state index in [-0.39, 0.29) is 6.04 Å². The van der Waals surface area contributed by atoms with Crippen LogP contribution in [0.5, 0.6) is 11.5 Å². The molecule has 1 heterocycles. The summed E-state index contributed by atoms with van der Waals surface area (Å²) in [6, 6.07) is 12.7. The summed E-state index contributed by atoms with van der Waals surface area (Å²) in [4.78, 5) is 0. The zero-order valence-electron chi connectivity index (χ0n) is 12.8. The Morgan fingerprint density at radius 3 is 2.57 bits per heavy atom. The molecule has 0 amide bonds. The summed E-state index contributed by atoms with van der Waals surface area (Å²) >= 11 is 0. The van der Waals surface area contributed by atoms with Crippen LogP contribution in [-0.2, 0) is 0 Å². The van der Waals surface area contributed by atoms with Gasteiger partial charge in [-0.1, -0.05) is 18.2 Å². The zero-order chi connectivity index (χ0) is 14.8. The Bertz CT molecular complexity index is 652. The lowest BCUT2D eigenvalue weighted by Gasteiger charge is -2.22. The molecular weight excluding hydrogens is 262 g/mol. The van der Waals surface area contributed by atoms with Gasteiger partial charge in [-0.25, -0.2) is 0 Å². The standard InChI is InChI=1S/C18H21NO2/c1-12-5-4-6-16(13(12)2)19-14(3)15-7-8-17-18(11-15)21-10-9-20-17/h4-8,11,14,19H,9-10H2,1-3H3. The van der Waals surface area contributed by atoms with E-state index in [0.29, 0.717) is 13.2 Å². The Hall–Kier alpha value is -2.16. The molecule has 1 aliphatic heterocycles. The summed E-state index contributed by atoms with van der Waals surface area (Å²) in [6.45, 7) is 7.69. The Morgan fingerprint density at radius 1 is 1.00 bits per heavy atom. The number of hydrogen-bond donors (Lipinski definition) is 1. The van der Waals surface area contributed by atoms with Crippen molar-refractivity contribution in [3.8, 4) is 11.5 Å². The third-order valence-corrected chi connectivity index (χ3v) is 4.04. The Labute approximate surface area is 125 Å². The minimum atomic E-state index is 0.210. The van der Waals surface area contributed by atoms with Crippen molar-refractivity contribution in [1.29, 1.82) is 0 Å².